The first-order chi connectivity index (χ1) is 6.80. The van der Waals surface area contributed by atoms with E-state index in [0.29, 0.717) is 0 Å². The Kier molecular flexibility index (Phi) is 5.49. The zero-order chi connectivity index (χ0) is 10.4. The largest absolute Gasteiger partial charge is 0.313 e. The van der Waals surface area contributed by atoms with Crippen LogP contribution in [0.3, 0.4) is 0 Å². The molecule has 0 bridgehead atoms. The monoisotopic (exact) mass is 198 g/mol. The van der Waals surface area contributed by atoms with Crippen molar-refractivity contribution in [3.8, 4) is 0 Å². The molecule has 0 aromatic heterocycles. The van der Waals surface area contributed by atoms with E-state index in [9.17, 15) is 0 Å². The van der Waals surface area contributed by atoms with Gasteiger partial charge >= 0.3 is 0 Å². The van der Waals surface area contributed by atoms with E-state index >= 15 is 0 Å². The van der Waals surface area contributed by atoms with Gasteiger partial charge in [0.05, 0.1) is 0 Å². The molecule has 14 heavy (non-hydrogen) atoms. The van der Waals surface area contributed by atoms with E-state index in [1.165, 1.54) is 38.9 Å². The summed E-state index contributed by atoms with van der Waals surface area (Å²) in [5.74, 6) is 0.912. The SMILES string of the molecule is CCNC1CCN(CC(CC)CC)C1. The van der Waals surface area contributed by atoms with Crippen molar-refractivity contribution in [2.75, 3.05) is 26.2 Å². The van der Waals surface area contributed by atoms with Crippen LogP contribution in [0.25, 0.3) is 0 Å². The number of nitrogens with zero attached hydrogens (tertiary/aromatic N) is 1. The Morgan fingerprint density at radius 3 is 2.57 bits per heavy atom. The first-order valence-corrected chi connectivity index (χ1v) is 6.25. The predicted octanol–water partition coefficient (Wildman–Crippen LogP) is 2.11. The van der Waals surface area contributed by atoms with Crippen molar-refractivity contribution in [2.45, 2.75) is 46.1 Å². The average molecular weight is 198 g/mol. The molecular weight excluding hydrogens is 172 g/mol. The second kappa shape index (κ2) is 6.41. The third-order valence-electron chi connectivity index (χ3n) is 3.44. The highest BCUT2D eigenvalue weighted by atomic mass is 15.2. The molecular formula is C12H26N2. The molecule has 2 nitrogen and oxygen atoms in total. The van der Waals surface area contributed by atoms with Crippen LogP contribution in [-0.4, -0.2) is 37.1 Å². The first-order valence-electron chi connectivity index (χ1n) is 6.25. The lowest BCUT2D eigenvalue weighted by Crippen LogP contribution is -2.34. The summed E-state index contributed by atoms with van der Waals surface area (Å²) in [4.78, 5) is 2.63. The number of hydrogen-bond donors (Lipinski definition) is 1. The molecule has 0 aliphatic carbocycles. The first kappa shape index (κ1) is 12.0. The van der Waals surface area contributed by atoms with Gasteiger partial charge in [-0.25, -0.2) is 0 Å². The summed E-state index contributed by atoms with van der Waals surface area (Å²) in [6, 6.07) is 0.759. The maximum atomic E-state index is 3.54. The van der Waals surface area contributed by atoms with Crippen molar-refractivity contribution in [2.24, 2.45) is 5.92 Å². The molecule has 0 amide bonds. The van der Waals surface area contributed by atoms with E-state index in [0.717, 1.165) is 18.5 Å². The second-order valence-corrected chi connectivity index (χ2v) is 4.49. The molecule has 1 N–H and O–H groups in total. The normalized spacial score (nSPS) is 23.6. The quantitative estimate of drug-likeness (QED) is 0.703. The Morgan fingerprint density at radius 2 is 2.00 bits per heavy atom. The van der Waals surface area contributed by atoms with E-state index in [1.54, 1.807) is 0 Å². The van der Waals surface area contributed by atoms with Crippen molar-refractivity contribution < 1.29 is 0 Å². The third kappa shape index (κ3) is 3.58. The van der Waals surface area contributed by atoms with Crippen LogP contribution < -0.4 is 5.32 Å². The molecule has 1 aliphatic rings. The smallest absolute Gasteiger partial charge is 0.0207 e. The van der Waals surface area contributed by atoms with Gasteiger partial charge in [-0.15, -0.1) is 0 Å². The topological polar surface area (TPSA) is 15.3 Å². The maximum absolute atomic E-state index is 3.54. The zero-order valence-electron chi connectivity index (χ0n) is 10.1. The van der Waals surface area contributed by atoms with Gasteiger partial charge in [-0.05, 0) is 25.4 Å². The molecule has 0 radical (unpaired) electrons. The molecule has 1 atom stereocenters. The van der Waals surface area contributed by atoms with Crippen molar-refractivity contribution in [1.82, 2.24) is 10.2 Å². The van der Waals surface area contributed by atoms with Crippen LogP contribution in [0.15, 0.2) is 0 Å². The Morgan fingerprint density at radius 1 is 1.29 bits per heavy atom. The van der Waals surface area contributed by atoms with E-state index in [-0.39, 0.29) is 0 Å². The molecule has 0 aromatic carbocycles. The standard InChI is InChI=1S/C12H26N2/c1-4-11(5-2)9-14-8-7-12(10-14)13-6-3/h11-13H,4-10H2,1-3H3. The van der Waals surface area contributed by atoms with Crippen LogP contribution in [0.2, 0.25) is 0 Å². The number of likely N-dealkylation sites (tertiary alicyclic amines) is 1. The predicted molar refractivity (Wildman–Crippen MR) is 62.6 cm³/mol. The van der Waals surface area contributed by atoms with Gasteiger partial charge in [0.25, 0.3) is 0 Å². The van der Waals surface area contributed by atoms with Gasteiger partial charge in [-0.3, -0.25) is 0 Å². The molecule has 1 heterocycles. The molecule has 0 saturated carbocycles. The minimum Gasteiger partial charge on any atom is -0.313 e. The molecule has 84 valence electrons. The molecule has 0 aromatic rings. The Labute approximate surface area is 89.1 Å². The van der Waals surface area contributed by atoms with E-state index in [4.69, 9.17) is 0 Å². The van der Waals surface area contributed by atoms with Crippen LogP contribution in [0.5, 0.6) is 0 Å². The van der Waals surface area contributed by atoms with E-state index in [1.807, 2.05) is 0 Å². The molecule has 0 spiro atoms. The van der Waals surface area contributed by atoms with Crippen LogP contribution in [0.1, 0.15) is 40.0 Å². The number of nitrogens with one attached hydrogen (secondary N) is 1. The molecule has 1 rings (SSSR count). The zero-order valence-corrected chi connectivity index (χ0v) is 10.1. The fourth-order valence-electron chi connectivity index (χ4n) is 2.37. The lowest BCUT2D eigenvalue weighted by Gasteiger charge is -2.21. The van der Waals surface area contributed by atoms with Gasteiger partial charge in [0, 0.05) is 19.1 Å². The van der Waals surface area contributed by atoms with Crippen LogP contribution >= 0.6 is 0 Å². The summed E-state index contributed by atoms with van der Waals surface area (Å²) in [7, 11) is 0. The van der Waals surface area contributed by atoms with Crippen LogP contribution in [0, 0.1) is 5.92 Å². The van der Waals surface area contributed by atoms with E-state index in [2.05, 4.69) is 31.0 Å². The highest BCUT2D eigenvalue weighted by molar-refractivity contribution is 4.81. The molecule has 1 aliphatic heterocycles. The number of rotatable bonds is 6. The van der Waals surface area contributed by atoms with Gasteiger partial charge in [0.15, 0.2) is 0 Å². The highest BCUT2D eigenvalue weighted by Gasteiger charge is 2.22. The van der Waals surface area contributed by atoms with Crippen molar-refractivity contribution >= 4 is 0 Å². The molecule has 1 unspecified atom stereocenters. The Hall–Kier alpha value is -0.0800. The number of hydrogen-bond acceptors (Lipinski definition) is 2. The van der Waals surface area contributed by atoms with Gasteiger partial charge in [-0.1, -0.05) is 33.6 Å². The lowest BCUT2D eigenvalue weighted by molar-refractivity contribution is 0.262. The summed E-state index contributed by atoms with van der Waals surface area (Å²) in [6.07, 6.45) is 4.01. The number of likely N-dealkylation sites (N-methyl/N-ethyl adjacent to an activating group) is 1. The van der Waals surface area contributed by atoms with Crippen LogP contribution in [-0.2, 0) is 0 Å². The average Bonchev–Trinajstić information content (AvgIpc) is 2.63. The summed E-state index contributed by atoms with van der Waals surface area (Å²) in [5.41, 5.74) is 0. The summed E-state index contributed by atoms with van der Waals surface area (Å²) >= 11 is 0. The van der Waals surface area contributed by atoms with Crippen molar-refractivity contribution in [1.29, 1.82) is 0 Å². The lowest BCUT2D eigenvalue weighted by atomic mass is 10.0. The summed E-state index contributed by atoms with van der Waals surface area (Å²) in [6.45, 7) is 11.8. The Bertz CT molecular complexity index is 143. The van der Waals surface area contributed by atoms with Crippen LogP contribution in [0.4, 0.5) is 0 Å². The molecule has 1 saturated heterocycles. The van der Waals surface area contributed by atoms with Crippen molar-refractivity contribution in [3.63, 3.8) is 0 Å². The van der Waals surface area contributed by atoms with Gasteiger partial charge < -0.3 is 10.2 Å². The summed E-state index contributed by atoms with van der Waals surface area (Å²) < 4.78 is 0. The maximum Gasteiger partial charge on any atom is 0.0207 e. The highest BCUT2D eigenvalue weighted by Crippen LogP contribution is 2.15. The Balaban J connectivity index is 2.21. The van der Waals surface area contributed by atoms with Gasteiger partial charge in [-0.2, -0.15) is 0 Å². The van der Waals surface area contributed by atoms with E-state index < -0.39 is 0 Å². The summed E-state index contributed by atoms with van der Waals surface area (Å²) in [5, 5.41) is 3.54. The van der Waals surface area contributed by atoms with Gasteiger partial charge in [0.1, 0.15) is 0 Å². The van der Waals surface area contributed by atoms with Gasteiger partial charge in [0.2, 0.25) is 0 Å². The molecule has 1 fully saturated rings. The molecule has 2 heteroatoms. The minimum atomic E-state index is 0.759. The fraction of sp³-hybridized carbons (Fsp3) is 1.00. The second-order valence-electron chi connectivity index (χ2n) is 4.49. The fourth-order valence-corrected chi connectivity index (χ4v) is 2.37. The minimum absolute atomic E-state index is 0.759. The van der Waals surface area contributed by atoms with Crippen molar-refractivity contribution in [3.05, 3.63) is 0 Å². The third-order valence-corrected chi connectivity index (χ3v) is 3.44.